The van der Waals surface area contributed by atoms with Crippen molar-refractivity contribution in [1.82, 2.24) is 4.98 Å². The summed E-state index contributed by atoms with van der Waals surface area (Å²) in [6, 6.07) is 19.4. The zero-order valence-corrected chi connectivity index (χ0v) is 22.6. The zero-order valence-electron chi connectivity index (χ0n) is 21.8. The number of anilines is 1. The number of benzene rings is 3. The summed E-state index contributed by atoms with van der Waals surface area (Å²) >= 11 is 5.89. The molecule has 2 bridgehead atoms. The van der Waals surface area contributed by atoms with Gasteiger partial charge in [0.15, 0.2) is 5.82 Å². The molecule has 8 heteroatoms. The van der Waals surface area contributed by atoms with E-state index in [4.69, 9.17) is 16.3 Å². The first-order valence-electron chi connectivity index (χ1n) is 13.0. The van der Waals surface area contributed by atoms with Gasteiger partial charge in [-0.15, -0.1) is 0 Å². The average molecular weight is 561 g/mol. The van der Waals surface area contributed by atoms with Crippen LogP contribution in [-0.4, -0.2) is 24.0 Å². The Kier molecular flexibility index (Phi) is 8.21. The van der Waals surface area contributed by atoms with Gasteiger partial charge < -0.3 is 10.1 Å². The number of halogens is 3. The highest BCUT2D eigenvalue weighted by Gasteiger charge is 2.21. The van der Waals surface area contributed by atoms with Crippen molar-refractivity contribution in [2.24, 2.45) is 0 Å². The van der Waals surface area contributed by atoms with Gasteiger partial charge in [0.05, 0.1) is 24.1 Å². The van der Waals surface area contributed by atoms with E-state index >= 15 is 0 Å². The molecule has 0 spiro atoms. The van der Waals surface area contributed by atoms with E-state index in [-0.39, 0.29) is 34.8 Å². The summed E-state index contributed by atoms with van der Waals surface area (Å²) in [4.78, 5) is 29.2. The number of amides is 1. The monoisotopic (exact) mass is 560 g/mol. The normalized spacial score (nSPS) is 15.3. The van der Waals surface area contributed by atoms with E-state index in [1.54, 1.807) is 12.1 Å². The minimum atomic E-state index is -0.818. The maximum atomic E-state index is 14.6. The number of esters is 1. The highest BCUT2D eigenvalue weighted by atomic mass is 35.5. The number of nitrogens with one attached hydrogen (secondary N) is 1. The molecule has 0 saturated carbocycles. The van der Waals surface area contributed by atoms with Gasteiger partial charge in [-0.1, -0.05) is 60.5 Å². The third-order valence-corrected chi connectivity index (χ3v) is 7.45. The maximum Gasteiger partial charge on any atom is 0.309 e. The van der Waals surface area contributed by atoms with Crippen molar-refractivity contribution in [3.63, 3.8) is 0 Å². The molecule has 1 aliphatic heterocycles. The zero-order chi connectivity index (χ0) is 28.2. The Balaban J connectivity index is 1.53. The van der Waals surface area contributed by atoms with Gasteiger partial charge in [0, 0.05) is 41.0 Å². The van der Waals surface area contributed by atoms with Crippen molar-refractivity contribution in [1.29, 1.82) is 0 Å². The van der Waals surface area contributed by atoms with Crippen LogP contribution < -0.4 is 5.32 Å². The summed E-state index contributed by atoms with van der Waals surface area (Å²) in [5.74, 6) is -2.07. The molecule has 5 nitrogen and oxygen atoms in total. The summed E-state index contributed by atoms with van der Waals surface area (Å²) in [6.07, 6.45) is 4.12. The smallest absolute Gasteiger partial charge is 0.309 e. The number of aromatic nitrogens is 1. The van der Waals surface area contributed by atoms with Crippen LogP contribution in [0, 0.1) is 11.6 Å². The van der Waals surface area contributed by atoms with Gasteiger partial charge in [-0.25, -0.2) is 8.78 Å². The van der Waals surface area contributed by atoms with Gasteiger partial charge in [-0.05, 0) is 53.8 Å². The molecule has 3 aromatic carbocycles. The Labute approximate surface area is 236 Å². The van der Waals surface area contributed by atoms with Crippen LogP contribution in [0.3, 0.4) is 0 Å². The predicted molar refractivity (Wildman–Crippen MR) is 151 cm³/mol. The van der Waals surface area contributed by atoms with E-state index in [0.717, 1.165) is 46.9 Å². The minimum Gasteiger partial charge on any atom is -0.469 e. The molecular formula is C32H27ClF2N2O3. The lowest BCUT2D eigenvalue weighted by Gasteiger charge is -2.21. The third-order valence-electron chi connectivity index (χ3n) is 7.16. The van der Waals surface area contributed by atoms with Crippen molar-refractivity contribution in [3.05, 3.63) is 106 Å². The van der Waals surface area contributed by atoms with E-state index in [0.29, 0.717) is 24.1 Å². The van der Waals surface area contributed by atoms with Crippen molar-refractivity contribution < 1.29 is 23.1 Å². The fraction of sp³-hybridized carbons (Fsp3) is 0.219. The molecule has 0 saturated heterocycles. The first-order chi connectivity index (χ1) is 19.3. The molecule has 4 aromatic rings. The fourth-order valence-corrected chi connectivity index (χ4v) is 5.26. The van der Waals surface area contributed by atoms with Crippen LogP contribution in [0.5, 0.6) is 0 Å². The van der Waals surface area contributed by atoms with Crippen molar-refractivity contribution in [2.75, 3.05) is 12.4 Å². The van der Waals surface area contributed by atoms with Crippen LogP contribution in [0.25, 0.3) is 22.3 Å². The number of carbonyl (C=O) groups is 2. The van der Waals surface area contributed by atoms with Crippen molar-refractivity contribution in [2.45, 2.75) is 38.0 Å². The lowest BCUT2D eigenvalue weighted by Crippen LogP contribution is -2.14. The molecule has 204 valence electrons. The van der Waals surface area contributed by atoms with E-state index < -0.39 is 11.6 Å². The minimum absolute atomic E-state index is 0.0902. The quantitative estimate of drug-likeness (QED) is 0.205. The van der Waals surface area contributed by atoms with Gasteiger partial charge in [-0.2, -0.15) is 0 Å². The van der Waals surface area contributed by atoms with Gasteiger partial charge in [0.1, 0.15) is 5.82 Å². The lowest BCUT2D eigenvalue weighted by atomic mass is 9.87. The van der Waals surface area contributed by atoms with Gasteiger partial charge in [0.2, 0.25) is 5.91 Å². The number of fused-ring (bicyclic) bond motifs is 4. The van der Waals surface area contributed by atoms with E-state index in [9.17, 15) is 18.4 Å². The number of hydrogen-bond acceptors (Lipinski definition) is 4. The molecule has 0 fully saturated rings. The molecule has 1 unspecified atom stereocenters. The number of carbonyl (C=O) groups excluding carboxylic acids is 2. The van der Waals surface area contributed by atoms with Crippen LogP contribution in [0.2, 0.25) is 5.02 Å². The molecule has 1 amide bonds. The van der Waals surface area contributed by atoms with Crippen LogP contribution >= 0.6 is 11.6 Å². The summed E-state index contributed by atoms with van der Waals surface area (Å²) in [7, 11) is 1.34. The Bertz CT molecular complexity index is 1570. The van der Waals surface area contributed by atoms with E-state index in [1.165, 1.54) is 19.4 Å². The largest absolute Gasteiger partial charge is 0.469 e. The Hall–Kier alpha value is -4.10. The van der Waals surface area contributed by atoms with Gasteiger partial charge in [0.25, 0.3) is 0 Å². The first-order valence-corrected chi connectivity index (χ1v) is 13.4. The van der Waals surface area contributed by atoms with Crippen LogP contribution in [0.1, 0.15) is 48.4 Å². The predicted octanol–water partition coefficient (Wildman–Crippen LogP) is 7.71. The molecule has 1 aromatic heterocycles. The Morgan fingerprint density at radius 3 is 2.67 bits per heavy atom. The third kappa shape index (κ3) is 5.89. The highest BCUT2D eigenvalue weighted by Crippen LogP contribution is 2.37. The Morgan fingerprint density at radius 1 is 1.05 bits per heavy atom. The maximum absolute atomic E-state index is 14.6. The number of rotatable bonds is 4. The molecule has 5 rings (SSSR count). The molecule has 40 heavy (non-hydrogen) atoms. The van der Waals surface area contributed by atoms with Crippen LogP contribution in [-0.2, 0) is 20.7 Å². The molecule has 1 N–H and O–H groups in total. The summed E-state index contributed by atoms with van der Waals surface area (Å²) in [6.45, 7) is 0. The fourth-order valence-electron chi connectivity index (χ4n) is 5.10. The molecule has 0 radical (unpaired) electrons. The number of methoxy groups -OCH3 is 1. The number of nitrogens with zero attached hydrogens (tertiary/aromatic N) is 1. The summed E-state index contributed by atoms with van der Waals surface area (Å²) in [5.41, 5.74) is 5.00. The highest BCUT2D eigenvalue weighted by molar-refractivity contribution is 6.31. The van der Waals surface area contributed by atoms with Crippen LogP contribution in [0.15, 0.2) is 72.9 Å². The molecule has 1 atom stereocenters. The topological polar surface area (TPSA) is 68.3 Å². The van der Waals surface area contributed by atoms with Gasteiger partial charge in [-0.3, -0.25) is 14.6 Å². The molecule has 1 aliphatic rings. The molecule has 2 heterocycles. The summed E-state index contributed by atoms with van der Waals surface area (Å²) < 4.78 is 33.8. The van der Waals surface area contributed by atoms with Crippen LogP contribution in [0.4, 0.5) is 14.5 Å². The first kappa shape index (κ1) is 27.5. The SMILES string of the molecule is COC(=O)Cc1ccc2c(c1)NC(=O)CCCCC(c1ccc(-c3c(F)ccc(Cl)c3F)cn1)c1cccc-2c1. The van der Waals surface area contributed by atoms with Gasteiger partial charge >= 0.3 is 5.97 Å². The standard InChI is InChI=1S/C32H27ClF2N2O3/c1-40-30(39)16-19-9-11-24-21-6-4-5-20(17-21)23(7-2-3-8-29(38)37-28(24)15-19)27-14-10-22(18-36-27)31-26(34)13-12-25(33)32(31)35/h4-6,9-15,17-18,23H,2-3,7-8,16H2,1H3,(H,37,38). The second kappa shape index (κ2) is 12.0. The number of hydrogen-bond donors (Lipinski definition) is 1. The molecule has 0 aliphatic carbocycles. The Morgan fingerprint density at radius 2 is 1.90 bits per heavy atom. The second-order valence-corrected chi connectivity index (χ2v) is 10.2. The molecular weight excluding hydrogens is 534 g/mol. The second-order valence-electron chi connectivity index (χ2n) is 9.79. The lowest BCUT2D eigenvalue weighted by molar-refractivity contribution is -0.139. The van der Waals surface area contributed by atoms with E-state index in [2.05, 4.69) is 16.4 Å². The number of ether oxygens (including phenoxy) is 1. The number of pyridine rings is 1. The van der Waals surface area contributed by atoms with E-state index in [1.807, 2.05) is 36.4 Å². The van der Waals surface area contributed by atoms with Crippen molar-refractivity contribution >= 4 is 29.2 Å². The summed E-state index contributed by atoms with van der Waals surface area (Å²) in [5, 5.41) is 2.87. The van der Waals surface area contributed by atoms with Crippen molar-refractivity contribution in [3.8, 4) is 22.3 Å². The average Bonchev–Trinajstić information content (AvgIpc) is 2.95.